The van der Waals surface area contributed by atoms with E-state index in [1.54, 1.807) is 6.20 Å². The molecule has 0 aliphatic carbocycles. The van der Waals surface area contributed by atoms with E-state index in [1.165, 1.54) is 24.9 Å². The lowest BCUT2D eigenvalue weighted by atomic mass is 10.2. The van der Waals surface area contributed by atoms with Gasteiger partial charge in [-0.15, -0.1) is 0 Å². The molecule has 16 heavy (non-hydrogen) atoms. The van der Waals surface area contributed by atoms with Crippen LogP contribution in [0.3, 0.4) is 0 Å². The Morgan fingerprint density at radius 3 is 2.81 bits per heavy atom. The Morgan fingerprint density at radius 1 is 1.31 bits per heavy atom. The third kappa shape index (κ3) is 6.20. The summed E-state index contributed by atoms with van der Waals surface area (Å²) in [5.74, 6) is 0. The maximum absolute atomic E-state index is 4.13. The molecule has 3 nitrogen and oxygen atoms in total. The first-order chi connectivity index (χ1) is 7.68. The zero-order valence-corrected chi connectivity index (χ0v) is 11.6. The van der Waals surface area contributed by atoms with E-state index in [9.17, 15) is 0 Å². The standard InChI is InChI=1S/C12H20BrN3/c1-16(2)6-4-3-5-14-8-11-7-12(13)10-15-9-11/h7,9-10,14H,3-6,8H2,1-2H3. The summed E-state index contributed by atoms with van der Waals surface area (Å²) in [6.07, 6.45) is 6.18. The van der Waals surface area contributed by atoms with Gasteiger partial charge in [-0.1, -0.05) is 0 Å². The van der Waals surface area contributed by atoms with Crippen LogP contribution in [0.1, 0.15) is 18.4 Å². The van der Waals surface area contributed by atoms with Gasteiger partial charge in [-0.25, -0.2) is 0 Å². The van der Waals surface area contributed by atoms with Crippen molar-refractivity contribution in [1.82, 2.24) is 15.2 Å². The van der Waals surface area contributed by atoms with E-state index in [0.717, 1.165) is 17.6 Å². The first-order valence-corrected chi connectivity index (χ1v) is 6.42. The molecule has 1 aromatic rings. The molecule has 0 bridgehead atoms. The molecule has 1 aromatic heterocycles. The van der Waals surface area contributed by atoms with Crippen LogP contribution in [0.25, 0.3) is 0 Å². The number of nitrogens with one attached hydrogen (secondary N) is 1. The number of nitrogens with zero attached hydrogens (tertiary/aromatic N) is 2. The van der Waals surface area contributed by atoms with Gasteiger partial charge in [-0.2, -0.15) is 0 Å². The van der Waals surface area contributed by atoms with Gasteiger partial charge in [0.05, 0.1) is 0 Å². The maximum Gasteiger partial charge on any atom is 0.0410 e. The van der Waals surface area contributed by atoms with Gasteiger partial charge >= 0.3 is 0 Å². The molecule has 1 rings (SSSR count). The molecule has 0 aliphatic heterocycles. The Morgan fingerprint density at radius 2 is 2.12 bits per heavy atom. The quantitative estimate of drug-likeness (QED) is 0.779. The van der Waals surface area contributed by atoms with Crippen molar-refractivity contribution in [3.63, 3.8) is 0 Å². The van der Waals surface area contributed by atoms with Gasteiger partial charge in [0.1, 0.15) is 0 Å². The first kappa shape index (κ1) is 13.6. The molecular formula is C12H20BrN3. The van der Waals surface area contributed by atoms with E-state index in [-0.39, 0.29) is 0 Å². The summed E-state index contributed by atoms with van der Waals surface area (Å²) in [5.41, 5.74) is 1.22. The number of hydrogen-bond donors (Lipinski definition) is 1. The number of pyridine rings is 1. The normalized spacial score (nSPS) is 11.0. The smallest absolute Gasteiger partial charge is 0.0410 e. The lowest BCUT2D eigenvalue weighted by Gasteiger charge is -2.09. The van der Waals surface area contributed by atoms with E-state index in [4.69, 9.17) is 0 Å². The highest BCUT2D eigenvalue weighted by Crippen LogP contribution is 2.08. The fraction of sp³-hybridized carbons (Fsp3) is 0.583. The van der Waals surface area contributed by atoms with Crippen LogP contribution >= 0.6 is 15.9 Å². The third-order valence-corrected chi connectivity index (χ3v) is 2.73. The van der Waals surface area contributed by atoms with E-state index < -0.39 is 0 Å². The Kier molecular flexibility index (Phi) is 6.61. The van der Waals surface area contributed by atoms with Crippen LogP contribution in [0.5, 0.6) is 0 Å². The van der Waals surface area contributed by atoms with Crippen LogP contribution in [0.2, 0.25) is 0 Å². The summed E-state index contributed by atoms with van der Waals surface area (Å²) in [6, 6.07) is 2.10. The minimum atomic E-state index is 0.897. The Balaban J connectivity index is 2.07. The summed E-state index contributed by atoms with van der Waals surface area (Å²) in [4.78, 5) is 6.35. The molecule has 4 heteroatoms. The van der Waals surface area contributed by atoms with Crippen LogP contribution in [0.15, 0.2) is 22.9 Å². The second kappa shape index (κ2) is 7.76. The molecule has 0 aromatic carbocycles. The van der Waals surface area contributed by atoms with E-state index in [1.807, 2.05) is 6.20 Å². The Hall–Kier alpha value is -0.450. The summed E-state index contributed by atoms with van der Waals surface area (Å²) < 4.78 is 1.04. The van der Waals surface area contributed by atoms with Gasteiger partial charge in [0, 0.05) is 23.4 Å². The van der Waals surface area contributed by atoms with Crippen LogP contribution in [-0.2, 0) is 6.54 Å². The molecule has 1 heterocycles. The summed E-state index contributed by atoms with van der Waals surface area (Å²) in [5, 5.41) is 3.42. The number of rotatable bonds is 7. The van der Waals surface area contributed by atoms with Gasteiger partial charge in [0.2, 0.25) is 0 Å². The average Bonchev–Trinajstić information content (AvgIpc) is 2.23. The predicted octanol–water partition coefficient (Wildman–Crippen LogP) is 2.28. The molecule has 90 valence electrons. The SMILES string of the molecule is CN(C)CCCCNCc1cncc(Br)c1. The van der Waals surface area contributed by atoms with Crippen LogP contribution in [0, 0.1) is 0 Å². The number of aromatic nitrogens is 1. The van der Waals surface area contributed by atoms with Gasteiger partial charge in [-0.05, 0) is 67.6 Å². The molecule has 0 atom stereocenters. The molecular weight excluding hydrogens is 266 g/mol. The molecule has 0 saturated heterocycles. The summed E-state index contributed by atoms with van der Waals surface area (Å²) in [6.45, 7) is 3.13. The highest BCUT2D eigenvalue weighted by molar-refractivity contribution is 9.10. The lowest BCUT2D eigenvalue weighted by Crippen LogP contribution is -2.18. The van der Waals surface area contributed by atoms with Crippen molar-refractivity contribution in [3.8, 4) is 0 Å². The van der Waals surface area contributed by atoms with Crippen LogP contribution < -0.4 is 5.32 Å². The van der Waals surface area contributed by atoms with Crippen LogP contribution in [-0.4, -0.2) is 37.1 Å². The van der Waals surface area contributed by atoms with Gasteiger partial charge < -0.3 is 10.2 Å². The van der Waals surface area contributed by atoms with Gasteiger partial charge in [0.25, 0.3) is 0 Å². The van der Waals surface area contributed by atoms with Crippen molar-refractivity contribution in [3.05, 3.63) is 28.5 Å². The van der Waals surface area contributed by atoms with Crippen molar-refractivity contribution in [2.45, 2.75) is 19.4 Å². The summed E-state index contributed by atoms with van der Waals surface area (Å²) in [7, 11) is 4.22. The monoisotopic (exact) mass is 285 g/mol. The Labute approximate surface area is 106 Å². The Bertz CT molecular complexity index is 302. The van der Waals surface area contributed by atoms with Gasteiger partial charge in [-0.3, -0.25) is 4.98 Å². The van der Waals surface area contributed by atoms with Crippen molar-refractivity contribution in [2.24, 2.45) is 0 Å². The van der Waals surface area contributed by atoms with Crippen molar-refractivity contribution >= 4 is 15.9 Å². The van der Waals surface area contributed by atoms with E-state index in [2.05, 4.69) is 51.3 Å². The minimum Gasteiger partial charge on any atom is -0.313 e. The van der Waals surface area contributed by atoms with E-state index >= 15 is 0 Å². The maximum atomic E-state index is 4.13. The fourth-order valence-corrected chi connectivity index (χ4v) is 1.88. The molecule has 0 unspecified atom stereocenters. The second-order valence-corrected chi connectivity index (χ2v) is 5.11. The third-order valence-electron chi connectivity index (χ3n) is 2.30. The molecule has 0 radical (unpaired) electrons. The van der Waals surface area contributed by atoms with Crippen molar-refractivity contribution < 1.29 is 0 Å². The lowest BCUT2D eigenvalue weighted by molar-refractivity contribution is 0.391. The second-order valence-electron chi connectivity index (χ2n) is 4.20. The topological polar surface area (TPSA) is 28.2 Å². The predicted molar refractivity (Wildman–Crippen MR) is 71.4 cm³/mol. The minimum absolute atomic E-state index is 0.897. The van der Waals surface area contributed by atoms with Crippen molar-refractivity contribution in [1.29, 1.82) is 0 Å². The summed E-state index contributed by atoms with van der Waals surface area (Å²) >= 11 is 3.42. The largest absolute Gasteiger partial charge is 0.313 e. The molecule has 0 spiro atoms. The highest BCUT2D eigenvalue weighted by Gasteiger charge is 1.95. The number of hydrogen-bond acceptors (Lipinski definition) is 3. The van der Waals surface area contributed by atoms with Crippen molar-refractivity contribution in [2.75, 3.05) is 27.2 Å². The van der Waals surface area contributed by atoms with Gasteiger partial charge in [0.15, 0.2) is 0 Å². The average molecular weight is 286 g/mol. The van der Waals surface area contributed by atoms with E-state index in [0.29, 0.717) is 0 Å². The molecule has 0 aliphatic rings. The highest BCUT2D eigenvalue weighted by atomic mass is 79.9. The number of unbranched alkanes of at least 4 members (excludes halogenated alkanes) is 1. The number of halogens is 1. The van der Waals surface area contributed by atoms with Crippen LogP contribution in [0.4, 0.5) is 0 Å². The molecule has 0 saturated carbocycles. The molecule has 0 fully saturated rings. The molecule has 1 N–H and O–H groups in total. The molecule has 0 amide bonds. The zero-order valence-electron chi connectivity index (χ0n) is 10.0. The fourth-order valence-electron chi connectivity index (χ4n) is 1.46. The first-order valence-electron chi connectivity index (χ1n) is 5.63. The zero-order chi connectivity index (χ0) is 11.8.